The lowest BCUT2D eigenvalue weighted by Gasteiger charge is -2.19. The molecule has 0 unspecified atom stereocenters. The molecule has 1 aromatic carbocycles. The van der Waals surface area contributed by atoms with E-state index in [1.54, 1.807) is 49.5 Å². The predicted molar refractivity (Wildman–Crippen MR) is 96.0 cm³/mol. The second kappa shape index (κ2) is 7.79. The van der Waals surface area contributed by atoms with E-state index in [-0.39, 0.29) is 5.91 Å². The molecule has 1 N–H and O–H groups in total. The van der Waals surface area contributed by atoms with Crippen molar-refractivity contribution in [3.63, 3.8) is 0 Å². The number of nitrogens with zero attached hydrogens (tertiary/aromatic N) is 2. The number of anilines is 2. The van der Waals surface area contributed by atoms with E-state index >= 15 is 0 Å². The number of pyridine rings is 1. The van der Waals surface area contributed by atoms with Gasteiger partial charge in [-0.3, -0.25) is 4.79 Å². The third-order valence-corrected chi connectivity index (χ3v) is 4.07. The Hall–Kier alpha value is -2.89. The quantitative estimate of drug-likeness (QED) is 0.848. The van der Waals surface area contributed by atoms with Gasteiger partial charge in [0.2, 0.25) is 0 Å². The minimum Gasteiger partial charge on any atom is -0.462 e. The number of rotatable bonds is 5. The lowest BCUT2D eigenvalue weighted by molar-refractivity contribution is 0.0526. The Labute approximate surface area is 146 Å². The predicted octanol–water partition coefficient (Wildman–Crippen LogP) is 3.11. The molecule has 0 saturated carbocycles. The van der Waals surface area contributed by atoms with E-state index in [1.807, 2.05) is 0 Å². The second-order valence-electron chi connectivity index (χ2n) is 5.82. The van der Waals surface area contributed by atoms with Gasteiger partial charge in [0.1, 0.15) is 5.82 Å². The minimum atomic E-state index is -0.405. The molecule has 130 valence electrons. The molecule has 2 aromatic rings. The summed E-state index contributed by atoms with van der Waals surface area (Å²) in [6, 6.07) is 10.3. The van der Waals surface area contributed by atoms with Crippen LogP contribution in [0.1, 0.15) is 40.5 Å². The van der Waals surface area contributed by atoms with Gasteiger partial charge in [0, 0.05) is 25.0 Å². The minimum absolute atomic E-state index is 0.240. The van der Waals surface area contributed by atoms with E-state index in [1.165, 1.54) is 0 Å². The number of carbonyl (C=O) groups excluding carboxylic acids is 2. The number of ether oxygens (including phenoxy) is 1. The van der Waals surface area contributed by atoms with Crippen molar-refractivity contribution in [1.82, 2.24) is 4.98 Å². The Morgan fingerprint density at radius 3 is 2.76 bits per heavy atom. The highest BCUT2D eigenvalue weighted by atomic mass is 16.5. The van der Waals surface area contributed by atoms with Crippen molar-refractivity contribution in [3.05, 3.63) is 53.7 Å². The van der Waals surface area contributed by atoms with Crippen molar-refractivity contribution in [2.45, 2.75) is 19.8 Å². The van der Waals surface area contributed by atoms with Gasteiger partial charge in [-0.25, -0.2) is 9.78 Å². The van der Waals surface area contributed by atoms with Gasteiger partial charge >= 0.3 is 5.97 Å². The van der Waals surface area contributed by atoms with Gasteiger partial charge in [-0.1, -0.05) is 6.07 Å². The Balaban J connectivity index is 1.79. The molecule has 25 heavy (non-hydrogen) atoms. The zero-order valence-electron chi connectivity index (χ0n) is 14.2. The molecule has 1 aliphatic rings. The van der Waals surface area contributed by atoms with E-state index in [0.29, 0.717) is 29.2 Å². The summed E-state index contributed by atoms with van der Waals surface area (Å²) in [5.74, 6) is 0.0628. The van der Waals surface area contributed by atoms with Gasteiger partial charge in [0.25, 0.3) is 5.91 Å². The summed E-state index contributed by atoms with van der Waals surface area (Å²) >= 11 is 0. The number of esters is 1. The normalized spacial score (nSPS) is 13.6. The Bertz CT molecular complexity index is 770. The van der Waals surface area contributed by atoms with Gasteiger partial charge in [0.05, 0.1) is 17.7 Å². The fourth-order valence-corrected chi connectivity index (χ4v) is 2.89. The lowest BCUT2D eigenvalue weighted by atomic mass is 10.2. The molecule has 0 aliphatic carbocycles. The van der Waals surface area contributed by atoms with Crippen molar-refractivity contribution in [1.29, 1.82) is 0 Å². The monoisotopic (exact) mass is 339 g/mol. The zero-order chi connectivity index (χ0) is 17.6. The largest absolute Gasteiger partial charge is 0.462 e. The summed E-state index contributed by atoms with van der Waals surface area (Å²) in [6.07, 6.45) is 3.92. The van der Waals surface area contributed by atoms with Crippen LogP contribution in [0.4, 0.5) is 11.5 Å². The van der Waals surface area contributed by atoms with Crippen molar-refractivity contribution in [2.75, 3.05) is 29.9 Å². The maximum absolute atomic E-state index is 12.7. The highest BCUT2D eigenvalue weighted by Crippen LogP contribution is 2.23. The number of hydrogen-bond acceptors (Lipinski definition) is 5. The Kier molecular flexibility index (Phi) is 5.28. The highest BCUT2D eigenvalue weighted by molar-refractivity contribution is 6.08. The van der Waals surface area contributed by atoms with E-state index in [2.05, 4.69) is 15.2 Å². The first-order valence-electron chi connectivity index (χ1n) is 8.47. The average molecular weight is 339 g/mol. The second-order valence-corrected chi connectivity index (χ2v) is 5.82. The molecule has 0 atom stereocenters. The molecule has 0 radical (unpaired) electrons. The average Bonchev–Trinajstić information content (AvgIpc) is 3.17. The number of aromatic nitrogens is 1. The SMILES string of the molecule is CCOC(=O)c1cccc(NC(=O)c2cccnc2N2CCCC2)c1. The molecule has 1 aliphatic heterocycles. The summed E-state index contributed by atoms with van der Waals surface area (Å²) in [6.45, 7) is 3.89. The van der Waals surface area contributed by atoms with Gasteiger partial charge in [0.15, 0.2) is 0 Å². The molecule has 2 heterocycles. The number of carbonyl (C=O) groups is 2. The molecule has 1 fully saturated rings. The van der Waals surface area contributed by atoms with E-state index in [0.717, 1.165) is 25.9 Å². The molecular weight excluding hydrogens is 318 g/mol. The van der Waals surface area contributed by atoms with E-state index < -0.39 is 5.97 Å². The number of nitrogens with one attached hydrogen (secondary N) is 1. The molecule has 0 spiro atoms. The van der Waals surface area contributed by atoms with Crippen LogP contribution >= 0.6 is 0 Å². The van der Waals surface area contributed by atoms with Crippen molar-refractivity contribution < 1.29 is 14.3 Å². The van der Waals surface area contributed by atoms with Crippen LogP contribution in [0.25, 0.3) is 0 Å². The van der Waals surface area contributed by atoms with Gasteiger partial charge in [-0.05, 0) is 50.1 Å². The van der Waals surface area contributed by atoms with Crippen LogP contribution in [-0.4, -0.2) is 36.6 Å². The topological polar surface area (TPSA) is 71.5 Å². The highest BCUT2D eigenvalue weighted by Gasteiger charge is 2.20. The summed E-state index contributed by atoms with van der Waals surface area (Å²) in [4.78, 5) is 31.0. The smallest absolute Gasteiger partial charge is 0.338 e. The number of amides is 1. The van der Waals surface area contributed by atoms with Crippen LogP contribution < -0.4 is 10.2 Å². The summed E-state index contributed by atoms with van der Waals surface area (Å²) in [5.41, 5.74) is 1.49. The summed E-state index contributed by atoms with van der Waals surface area (Å²) < 4.78 is 4.99. The fourth-order valence-electron chi connectivity index (χ4n) is 2.89. The molecule has 1 saturated heterocycles. The molecule has 0 bridgehead atoms. The fraction of sp³-hybridized carbons (Fsp3) is 0.316. The molecule has 1 aromatic heterocycles. The first-order valence-corrected chi connectivity index (χ1v) is 8.47. The molecular formula is C19H21N3O3. The van der Waals surface area contributed by atoms with E-state index in [9.17, 15) is 9.59 Å². The first-order chi connectivity index (χ1) is 12.2. The molecule has 1 amide bonds. The molecule has 6 heteroatoms. The Morgan fingerprint density at radius 1 is 1.20 bits per heavy atom. The van der Waals surface area contributed by atoms with Crippen molar-refractivity contribution in [2.24, 2.45) is 0 Å². The third-order valence-electron chi connectivity index (χ3n) is 4.07. The van der Waals surface area contributed by atoms with Crippen LogP contribution in [0.2, 0.25) is 0 Å². The maximum atomic E-state index is 12.7. The summed E-state index contributed by atoms with van der Waals surface area (Å²) in [7, 11) is 0. The van der Waals surface area contributed by atoms with Crippen LogP contribution in [-0.2, 0) is 4.74 Å². The van der Waals surface area contributed by atoms with E-state index in [4.69, 9.17) is 4.74 Å². The van der Waals surface area contributed by atoms with Crippen LogP contribution in [0.15, 0.2) is 42.6 Å². The standard InChI is InChI=1S/C19H21N3O3/c1-2-25-19(24)14-7-5-8-15(13-14)21-18(23)16-9-6-10-20-17(16)22-11-3-4-12-22/h5-10,13H,2-4,11-12H2,1H3,(H,21,23). The third kappa shape index (κ3) is 3.96. The van der Waals surface area contributed by atoms with Crippen molar-refractivity contribution in [3.8, 4) is 0 Å². The first kappa shape index (κ1) is 17.0. The van der Waals surface area contributed by atoms with Crippen molar-refractivity contribution >= 4 is 23.4 Å². The maximum Gasteiger partial charge on any atom is 0.338 e. The van der Waals surface area contributed by atoms with Crippen LogP contribution in [0.5, 0.6) is 0 Å². The number of hydrogen-bond donors (Lipinski definition) is 1. The van der Waals surface area contributed by atoms with Gasteiger partial charge in [-0.15, -0.1) is 0 Å². The zero-order valence-corrected chi connectivity index (χ0v) is 14.2. The molecule has 6 nitrogen and oxygen atoms in total. The van der Waals surface area contributed by atoms with Crippen LogP contribution in [0, 0.1) is 0 Å². The summed E-state index contributed by atoms with van der Waals surface area (Å²) in [5, 5.41) is 2.85. The van der Waals surface area contributed by atoms with Gasteiger partial charge < -0.3 is 15.0 Å². The number of benzene rings is 1. The van der Waals surface area contributed by atoms with Crippen LogP contribution in [0.3, 0.4) is 0 Å². The lowest BCUT2D eigenvalue weighted by Crippen LogP contribution is -2.24. The molecule has 3 rings (SSSR count). The Morgan fingerprint density at radius 2 is 2.00 bits per heavy atom. The van der Waals surface area contributed by atoms with Gasteiger partial charge in [-0.2, -0.15) is 0 Å².